The Labute approximate surface area is 174 Å². The van der Waals surface area contributed by atoms with Crippen molar-refractivity contribution in [3.63, 3.8) is 0 Å². The minimum absolute atomic E-state index is 0.113. The zero-order chi connectivity index (χ0) is 21.0. The fourth-order valence-electron chi connectivity index (χ4n) is 4.02. The molecule has 1 fully saturated rings. The van der Waals surface area contributed by atoms with E-state index in [1.807, 2.05) is 12.1 Å². The lowest BCUT2D eigenvalue weighted by Gasteiger charge is -2.18. The molecule has 1 amide bonds. The van der Waals surface area contributed by atoms with E-state index in [2.05, 4.69) is 20.0 Å². The second kappa shape index (κ2) is 6.96. The van der Waals surface area contributed by atoms with Crippen molar-refractivity contribution in [1.29, 1.82) is 0 Å². The molecule has 0 spiro atoms. The normalized spacial score (nSPS) is 22.9. The summed E-state index contributed by atoms with van der Waals surface area (Å²) < 4.78 is 6.02. The average molecular weight is 429 g/mol. The highest BCUT2D eigenvalue weighted by atomic mass is 35.5. The summed E-state index contributed by atoms with van der Waals surface area (Å²) in [4.78, 5) is 44.9. The van der Waals surface area contributed by atoms with Crippen LogP contribution >= 0.6 is 11.6 Å². The Kier molecular flexibility index (Phi) is 4.37. The lowest BCUT2D eigenvalue weighted by atomic mass is 10.1. The molecule has 5 rings (SSSR count). The van der Waals surface area contributed by atoms with E-state index >= 15 is 0 Å². The molecule has 3 N–H and O–H groups in total. The van der Waals surface area contributed by atoms with Crippen LogP contribution in [0.15, 0.2) is 35.1 Å². The molecule has 1 aromatic carbocycles. The molecule has 1 saturated heterocycles. The summed E-state index contributed by atoms with van der Waals surface area (Å²) >= 11 is 6.06. The maximum atomic E-state index is 13.2. The molecule has 0 bridgehead atoms. The van der Waals surface area contributed by atoms with Crippen LogP contribution in [0.5, 0.6) is 0 Å². The molecule has 154 valence electrons. The number of hydrogen-bond donors (Lipinski definition) is 3. The molecule has 4 heterocycles. The number of amides is 1. The first-order valence-corrected chi connectivity index (χ1v) is 9.86. The van der Waals surface area contributed by atoms with Crippen LogP contribution < -0.4 is 10.9 Å². The summed E-state index contributed by atoms with van der Waals surface area (Å²) in [6, 6.07) is 7.41. The summed E-state index contributed by atoms with van der Waals surface area (Å²) in [5.74, 6) is -0.523. The predicted molar refractivity (Wildman–Crippen MR) is 107 cm³/mol. The van der Waals surface area contributed by atoms with Crippen molar-refractivity contribution >= 4 is 34.5 Å². The van der Waals surface area contributed by atoms with Crippen molar-refractivity contribution in [1.82, 2.24) is 19.9 Å². The van der Waals surface area contributed by atoms with Crippen molar-refractivity contribution in [2.75, 3.05) is 0 Å². The Balaban J connectivity index is 1.49. The predicted octanol–water partition coefficient (Wildman–Crippen LogP) is 1.28. The monoisotopic (exact) mass is 428 g/mol. The number of ether oxygens (including phenoxy) is 1. The van der Waals surface area contributed by atoms with Gasteiger partial charge in [0, 0.05) is 17.1 Å². The summed E-state index contributed by atoms with van der Waals surface area (Å²) in [7, 11) is 0. The Bertz CT molecular complexity index is 1250. The minimum Gasteiger partial charge on any atom is -0.434 e. The van der Waals surface area contributed by atoms with Gasteiger partial charge >= 0.3 is 5.97 Å². The number of aliphatic hydroxyl groups excluding tert-OH is 1. The Morgan fingerprint density at radius 3 is 2.90 bits per heavy atom. The lowest BCUT2D eigenvalue weighted by Crippen LogP contribution is -2.44. The summed E-state index contributed by atoms with van der Waals surface area (Å²) in [6.07, 6.45) is -0.634. The van der Waals surface area contributed by atoms with Crippen molar-refractivity contribution in [2.45, 2.75) is 37.6 Å². The molecule has 2 aromatic heterocycles. The number of cyclic esters (lactones) is 1. The quantitative estimate of drug-likeness (QED) is 0.539. The van der Waals surface area contributed by atoms with Gasteiger partial charge in [-0.3, -0.25) is 19.0 Å². The molecule has 0 aliphatic carbocycles. The van der Waals surface area contributed by atoms with Crippen molar-refractivity contribution in [2.24, 2.45) is 0 Å². The number of hydrogen-bond acceptors (Lipinski definition) is 6. The third-order valence-corrected chi connectivity index (χ3v) is 5.69. The fraction of sp³-hybridized carbons (Fsp3) is 0.300. The van der Waals surface area contributed by atoms with Crippen LogP contribution in [0.2, 0.25) is 5.02 Å². The highest BCUT2D eigenvalue weighted by Gasteiger charge is 2.38. The van der Waals surface area contributed by atoms with Gasteiger partial charge in [0.25, 0.3) is 5.56 Å². The first-order chi connectivity index (χ1) is 14.4. The van der Waals surface area contributed by atoms with E-state index in [1.165, 1.54) is 4.57 Å². The zero-order valence-electron chi connectivity index (χ0n) is 15.6. The smallest absolute Gasteiger partial charge is 0.310 e. The van der Waals surface area contributed by atoms with E-state index in [9.17, 15) is 19.5 Å². The number of halogens is 1. The van der Waals surface area contributed by atoms with Crippen LogP contribution in [-0.4, -0.2) is 43.8 Å². The second-order valence-corrected chi connectivity index (χ2v) is 7.85. The number of carbonyl (C=O) groups excluding carboxylic acids is 2. The van der Waals surface area contributed by atoms with Crippen LogP contribution in [0, 0.1) is 0 Å². The van der Waals surface area contributed by atoms with Gasteiger partial charge in [0.1, 0.15) is 23.4 Å². The first-order valence-electron chi connectivity index (χ1n) is 9.49. The van der Waals surface area contributed by atoms with Crippen molar-refractivity contribution < 1.29 is 19.4 Å². The van der Waals surface area contributed by atoms with Crippen molar-refractivity contribution in [3.8, 4) is 11.3 Å². The molecule has 3 atom stereocenters. The highest BCUT2D eigenvalue weighted by Crippen LogP contribution is 2.28. The standard InChI is InChI=1S/C20H17ClN4O5/c21-10-3-1-2-9(6-10)11-7-12-17(23-11)19(28)25-14(4-5-15(25)22-12)18(27)24-13-8-16(26)30-20(13)29/h1-3,6-7,13-14,20,23,29H,4-5,8H2,(H,24,27)/t13-,14-,20?/m0/s1. The van der Waals surface area contributed by atoms with E-state index in [1.54, 1.807) is 18.2 Å². The molecule has 3 aromatic rings. The van der Waals surface area contributed by atoms with E-state index in [4.69, 9.17) is 11.6 Å². The lowest BCUT2D eigenvalue weighted by molar-refractivity contribution is -0.155. The van der Waals surface area contributed by atoms with E-state index in [0.717, 1.165) is 5.56 Å². The molecular formula is C20H17ClN4O5. The third kappa shape index (κ3) is 3.06. The maximum absolute atomic E-state index is 13.2. The van der Waals surface area contributed by atoms with Gasteiger partial charge in [0.05, 0.1) is 11.9 Å². The zero-order valence-corrected chi connectivity index (χ0v) is 16.3. The van der Waals surface area contributed by atoms with Crippen LogP contribution in [0.3, 0.4) is 0 Å². The van der Waals surface area contributed by atoms with E-state index in [-0.39, 0.29) is 12.0 Å². The Morgan fingerprint density at radius 2 is 2.17 bits per heavy atom. The van der Waals surface area contributed by atoms with Gasteiger partial charge < -0.3 is 20.1 Å². The maximum Gasteiger partial charge on any atom is 0.310 e. The summed E-state index contributed by atoms with van der Waals surface area (Å²) in [5.41, 5.74) is 1.99. The van der Waals surface area contributed by atoms with Crippen LogP contribution in [-0.2, 0) is 20.7 Å². The van der Waals surface area contributed by atoms with Crippen molar-refractivity contribution in [3.05, 3.63) is 51.5 Å². The second-order valence-electron chi connectivity index (χ2n) is 7.41. The molecule has 2 aliphatic rings. The molecule has 0 radical (unpaired) electrons. The number of nitrogens with one attached hydrogen (secondary N) is 2. The van der Waals surface area contributed by atoms with E-state index in [0.29, 0.717) is 40.4 Å². The minimum atomic E-state index is -1.39. The van der Waals surface area contributed by atoms with Gasteiger partial charge in [-0.05, 0) is 30.2 Å². The van der Waals surface area contributed by atoms with Gasteiger partial charge in [-0.2, -0.15) is 0 Å². The average Bonchev–Trinajstić information content (AvgIpc) is 3.39. The molecule has 0 saturated carbocycles. The number of H-pyrrole nitrogens is 1. The number of aromatic amines is 1. The van der Waals surface area contributed by atoms with E-state index < -0.39 is 30.3 Å². The molecular weight excluding hydrogens is 412 g/mol. The number of aromatic nitrogens is 3. The topological polar surface area (TPSA) is 126 Å². The van der Waals surface area contributed by atoms with Crippen LogP contribution in [0.25, 0.3) is 22.3 Å². The number of aryl methyl sites for hydroxylation is 1. The van der Waals surface area contributed by atoms with Gasteiger partial charge in [-0.1, -0.05) is 23.7 Å². The highest BCUT2D eigenvalue weighted by molar-refractivity contribution is 6.30. The summed E-state index contributed by atoms with van der Waals surface area (Å²) in [5, 5.41) is 12.9. The van der Waals surface area contributed by atoms with Gasteiger partial charge in [-0.15, -0.1) is 0 Å². The SMILES string of the molecule is O=C1C[C@H](NC(=O)[C@@H]2CCc3nc4cc(-c5cccc(Cl)c5)[nH]c4c(=O)n32)C(O)O1. The molecule has 30 heavy (non-hydrogen) atoms. The van der Waals surface area contributed by atoms with Gasteiger partial charge in [0.2, 0.25) is 12.2 Å². The molecule has 9 nitrogen and oxygen atoms in total. The molecule has 10 heteroatoms. The molecule has 2 aliphatic heterocycles. The van der Waals surface area contributed by atoms with Gasteiger partial charge in [0.15, 0.2) is 0 Å². The number of esters is 1. The number of aliphatic hydroxyl groups is 1. The number of nitrogens with zero attached hydrogens (tertiary/aromatic N) is 2. The fourth-order valence-corrected chi connectivity index (χ4v) is 4.21. The molecule has 1 unspecified atom stereocenters. The number of carbonyl (C=O) groups is 2. The van der Waals surface area contributed by atoms with Crippen LogP contribution in [0.4, 0.5) is 0 Å². The third-order valence-electron chi connectivity index (χ3n) is 5.46. The Hall–Kier alpha value is -3.17. The van der Waals surface area contributed by atoms with Gasteiger partial charge in [-0.25, -0.2) is 4.98 Å². The summed E-state index contributed by atoms with van der Waals surface area (Å²) in [6.45, 7) is 0. The number of rotatable bonds is 3. The first kappa shape index (κ1) is 18.8. The van der Waals surface area contributed by atoms with Crippen LogP contribution in [0.1, 0.15) is 24.7 Å². The largest absolute Gasteiger partial charge is 0.434 e. The number of fused-ring (bicyclic) bond motifs is 2. The Morgan fingerprint density at radius 1 is 1.33 bits per heavy atom. The number of benzene rings is 1.